The maximum absolute atomic E-state index is 14.1. The van der Waals surface area contributed by atoms with Crippen molar-refractivity contribution in [2.24, 2.45) is 5.92 Å². The summed E-state index contributed by atoms with van der Waals surface area (Å²) in [6.07, 6.45) is 0.713. The second kappa shape index (κ2) is 12.0. The van der Waals surface area contributed by atoms with Gasteiger partial charge in [0.1, 0.15) is 17.7 Å². The Kier molecular flexibility index (Phi) is 8.16. The minimum atomic E-state index is -1.19. The highest BCUT2D eigenvalue weighted by Crippen LogP contribution is 2.53. The molecular formula is C30H31N3O9. The summed E-state index contributed by atoms with van der Waals surface area (Å²) >= 11 is 0. The lowest BCUT2D eigenvalue weighted by Crippen LogP contribution is -2.37. The van der Waals surface area contributed by atoms with Crippen LogP contribution in [0.15, 0.2) is 60.7 Å². The van der Waals surface area contributed by atoms with Crippen molar-refractivity contribution in [2.75, 3.05) is 37.9 Å². The van der Waals surface area contributed by atoms with Crippen LogP contribution in [0.2, 0.25) is 0 Å². The first-order valence-corrected chi connectivity index (χ1v) is 13.4. The number of hydrogen-bond donors (Lipinski definition) is 0. The monoisotopic (exact) mass is 577 g/mol. The average Bonchev–Trinajstić information content (AvgIpc) is 3.52. The molecule has 0 aromatic heterocycles. The summed E-state index contributed by atoms with van der Waals surface area (Å²) in [5, 5.41) is 12.9. The van der Waals surface area contributed by atoms with Crippen LogP contribution in [0, 0.1) is 16.0 Å². The van der Waals surface area contributed by atoms with Gasteiger partial charge in [-0.2, -0.15) is 0 Å². The molecule has 0 bridgehead atoms. The molecule has 2 heterocycles. The second-order valence-corrected chi connectivity index (χ2v) is 9.73. The van der Waals surface area contributed by atoms with Crippen LogP contribution in [-0.2, 0) is 14.4 Å². The van der Waals surface area contributed by atoms with Gasteiger partial charge in [0.25, 0.3) is 11.6 Å². The van der Waals surface area contributed by atoms with Crippen molar-refractivity contribution in [3.8, 4) is 23.0 Å². The van der Waals surface area contributed by atoms with Gasteiger partial charge in [0.05, 0.1) is 44.2 Å². The number of nitro benzene ring substituents is 1. The zero-order valence-corrected chi connectivity index (χ0v) is 23.6. The van der Waals surface area contributed by atoms with E-state index < -0.39 is 34.8 Å². The summed E-state index contributed by atoms with van der Waals surface area (Å²) in [6, 6.07) is 15.0. The molecule has 0 unspecified atom stereocenters. The van der Waals surface area contributed by atoms with Crippen LogP contribution in [0.4, 0.5) is 17.1 Å². The number of imide groups is 1. The number of hydroxylamine groups is 1. The number of ether oxygens (including phenoxy) is 4. The number of rotatable bonds is 11. The van der Waals surface area contributed by atoms with Gasteiger partial charge in [-0.15, -0.1) is 0 Å². The number of fused-ring (bicyclic) bond motifs is 1. The smallest absolute Gasteiger partial charge is 0.271 e. The number of non-ortho nitro benzene ring substituents is 1. The first-order chi connectivity index (χ1) is 20.3. The Balaban J connectivity index is 1.58. The predicted octanol–water partition coefficient (Wildman–Crippen LogP) is 4.85. The molecule has 2 aliphatic heterocycles. The lowest BCUT2D eigenvalue weighted by molar-refractivity contribution is -0.384. The van der Waals surface area contributed by atoms with Crippen molar-refractivity contribution in [1.29, 1.82) is 0 Å². The van der Waals surface area contributed by atoms with Crippen molar-refractivity contribution in [3.63, 3.8) is 0 Å². The number of nitro groups is 1. The second-order valence-electron chi connectivity index (χ2n) is 9.73. The zero-order chi connectivity index (χ0) is 30.0. The minimum absolute atomic E-state index is 0.174. The van der Waals surface area contributed by atoms with Crippen molar-refractivity contribution >= 4 is 28.9 Å². The van der Waals surface area contributed by atoms with Crippen molar-refractivity contribution in [3.05, 3.63) is 76.3 Å². The fraction of sp³-hybridized carbons (Fsp3) is 0.333. The predicted molar refractivity (Wildman–Crippen MR) is 152 cm³/mol. The molecule has 2 amide bonds. The topological polar surface area (TPSA) is 130 Å². The number of anilines is 2. The molecule has 0 radical (unpaired) electrons. The van der Waals surface area contributed by atoms with Gasteiger partial charge in [-0.1, -0.05) is 19.4 Å². The van der Waals surface area contributed by atoms with Gasteiger partial charge in [0, 0.05) is 17.7 Å². The number of amides is 2. The Bertz CT molecular complexity index is 1490. The van der Waals surface area contributed by atoms with Gasteiger partial charge in [0.2, 0.25) is 11.7 Å². The largest absolute Gasteiger partial charge is 0.494 e. The quantitative estimate of drug-likeness (QED) is 0.135. The summed E-state index contributed by atoms with van der Waals surface area (Å²) < 4.78 is 22.4. The molecule has 0 aliphatic carbocycles. The number of nitrogens with zero attached hydrogens (tertiary/aromatic N) is 3. The Morgan fingerprint density at radius 2 is 1.64 bits per heavy atom. The van der Waals surface area contributed by atoms with Crippen LogP contribution in [0.25, 0.3) is 0 Å². The van der Waals surface area contributed by atoms with E-state index in [0.717, 1.165) is 17.7 Å². The summed E-state index contributed by atoms with van der Waals surface area (Å²) in [5.41, 5.74) is 0.968. The molecule has 3 atom stereocenters. The van der Waals surface area contributed by atoms with Crippen LogP contribution in [0.1, 0.15) is 31.4 Å². The van der Waals surface area contributed by atoms with Crippen molar-refractivity contribution in [2.45, 2.75) is 31.9 Å². The summed E-state index contributed by atoms with van der Waals surface area (Å²) in [6.45, 7) is 2.64. The number of carbonyl (C=O) groups is 2. The summed E-state index contributed by atoms with van der Waals surface area (Å²) in [7, 11) is 4.39. The van der Waals surface area contributed by atoms with Crippen molar-refractivity contribution in [1.82, 2.24) is 0 Å². The van der Waals surface area contributed by atoms with E-state index in [2.05, 4.69) is 6.92 Å². The van der Waals surface area contributed by atoms with E-state index >= 15 is 0 Å². The molecule has 0 N–H and O–H groups in total. The SMILES string of the molecule is CCCCOc1ccc(N2C(=O)[C@H]3[C@@H](ON(c4cccc([N+](=O)[O-])c4)[C@H]3c3ccc(OC)c(OC)c3OC)C2=O)cc1. The van der Waals surface area contributed by atoms with Crippen LogP contribution >= 0.6 is 0 Å². The lowest BCUT2D eigenvalue weighted by atomic mass is 9.89. The zero-order valence-electron chi connectivity index (χ0n) is 23.6. The highest BCUT2D eigenvalue weighted by atomic mass is 16.7. The van der Waals surface area contributed by atoms with E-state index in [1.807, 2.05) is 0 Å². The van der Waals surface area contributed by atoms with Crippen LogP contribution < -0.4 is 28.9 Å². The number of carbonyl (C=O) groups excluding carboxylic acids is 2. The molecule has 2 saturated heterocycles. The highest BCUT2D eigenvalue weighted by molar-refractivity contribution is 6.24. The van der Waals surface area contributed by atoms with Crippen LogP contribution in [-0.4, -0.2) is 50.8 Å². The van der Waals surface area contributed by atoms with Gasteiger partial charge >= 0.3 is 0 Å². The molecule has 0 spiro atoms. The molecule has 3 aromatic carbocycles. The van der Waals surface area contributed by atoms with Crippen LogP contribution in [0.5, 0.6) is 23.0 Å². The highest BCUT2D eigenvalue weighted by Gasteiger charge is 2.61. The average molecular weight is 578 g/mol. The third-order valence-electron chi connectivity index (χ3n) is 7.33. The third kappa shape index (κ3) is 4.94. The van der Waals surface area contributed by atoms with Gasteiger partial charge in [-0.25, -0.2) is 9.96 Å². The Labute approximate surface area is 242 Å². The van der Waals surface area contributed by atoms with E-state index in [4.69, 9.17) is 23.8 Å². The number of methoxy groups -OCH3 is 3. The molecular weight excluding hydrogens is 546 g/mol. The van der Waals surface area contributed by atoms with Gasteiger partial charge in [-0.05, 0) is 48.9 Å². The minimum Gasteiger partial charge on any atom is -0.494 e. The summed E-state index contributed by atoms with van der Waals surface area (Å²) in [4.78, 5) is 46.1. The fourth-order valence-corrected chi connectivity index (χ4v) is 5.34. The third-order valence-corrected chi connectivity index (χ3v) is 7.33. The molecule has 5 rings (SSSR count). The number of unbranched alkanes of at least 4 members (excludes halogenated alkanes) is 1. The van der Waals surface area contributed by atoms with Crippen LogP contribution in [0.3, 0.4) is 0 Å². The fourth-order valence-electron chi connectivity index (χ4n) is 5.34. The van der Waals surface area contributed by atoms with Crippen molar-refractivity contribution < 1.29 is 38.3 Å². The number of hydrogen-bond acceptors (Lipinski definition) is 10. The van der Waals surface area contributed by atoms with E-state index in [1.165, 1.54) is 44.6 Å². The Morgan fingerprint density at radius 1 is 0.905 bits per heavy atom. The van der Waals surface area contributed by atoms with Gasteiger partial charge in [-0.3, -0.25) is 24.5 Å². The molecule has 42 heavy (non-hydrogen) atoms. The van der Waals surface area contributed by atoms with E-state index in [9.17, 15) is 19.7 Å². The standard InChI is InChI=1S/C30H31N3O9/c1-5-6-16-41-21-12-10-18(11-13-21)31-29(34)24-25(22-14-15-23(38-2)27(40-4)26(22)39-3)32(42-28(24)30(31)35)19-8-7-9-20(17-19)33(36)37/h7-15,17,24-25,28H,5-6,16H2,1-4H3/t24-,25+,28-/m1/s1. The molecule has 2 fully saturated rings. The lowest BCUT2D eigenvalue weighted by Gasteiger charge is -2.30. The molecule has 2 aliphatic rings. The molecule has 220 valence electrons. The molecule has 12 heteroatoms. The normalized spacial score (nSPS) is 19.6. The molecule has 12 nitrogen and oxygen atoms in total. The Morgan fingerprint density at radius 3 is 2.29 bits per heavy atom. The molecule has 3 aromatic rings. The maximum Gasteiger partial charge on any atom is 0.271 e. The maximum atomic E-state index is 14.1. The van der Waals surface area contributed by atoms with Gasteiger partial charge in [0.15, 0.2) is 17.6 Å². The Hall–Kier alpha value is -4.84. The molecule has 0 saturated carbocycles. The van der Waals surface area contributed by atoms with E-state index in [1.54, 1.807) is 42.5 Å². The number of benzene rings is 3. The first-order valence-electron chi connectivity index (χ1n) is 13.4. The summed E-state index contributed by atoms with van der Waals surface area (Å²) in [5.74, 6) is -0.466. The van der Waals surface area contributed by atoms with Gasteiger partial charge < -0.3 is 18.9 Å². The first kappa shape index (κ1) is 28.7. The van der Waals surface area contributed by atoms with E-state index in [0.29, 0.717) is 35.0 Å². The van der Waals surface area contributed by atoms with E-state index in [-0.39, 0.29) is 17.2 Å².